The normalized spacial score (nSPS) is 17.4. The highest BCUT2D eigenvalue weighted by Crippen LogP contribution is 2.43. The summed E-state index contributed by atoms with van der Waals surface area (Å²) in [7, 11) is 0. The van der Waals surface area contributed by atoms with E-state index in [1.54, 1.807) is 11.3 Å². The summed E-state index contributed by atoms with van der Waals surface area (Å²) in [5, 5.41) is 3.17. The van der Waals surface area contributed by atoms with Crippen LogP contribution in [0, 0.1) is 25.6 Å². The molecule has 4 aromatic rings. The maximum absolute atomic E-state index is 15.0. The zero-order valence-corrected chi connectivity index (χ0v) is 22.6. The van der Waals surface area contributed by atoms with E-state index in [0.29, 0.717) is 23.5 Å². The van der Waals surface area contributed by atoms with Crippen LogP contribution in [0.4, 0.5) is 16.2 Å². The smallest absolute Gasteiger partial charge is 0.229 e. The first-order chi connectivity index (χ1) is 18.0. The molecule has 2 fully saturated rings. The topological polar surface area (TPSA) is 71.8 Å². The third kappa shape index (κ3) is 4.75. The second kappa shape index (κ2) is 10.1. The molecule has 6 rings (SSSR count). The quantitative estimate of drug-likeness (QED) is 0.303. The van der Waals surface area contributed by atoms with Gasteiger partial charge in [-0.05, 0) is 95.1 Å². The molecule has 1 saturated carbocycles. The largest absolute Gasteiger partial charge is 0.317 e. The molecular weight excluding hydrogens is 485 g/mol. The maximum Gasteiger partial charge on any atom is 0.229 e. The number of halogens is 1. The number of aryl methyl sites for hydroxylation is 2. The second-order valence-corrected chi connectivity index (χ2v) is 11.5. The van der Waals surface area contributed by atoms with E-state index in [9.17, 15) is 4.39 Å². The summed E-state index contributed by atoms with van der Waals surface area (Å²) in [5.41, 5.74) is 3.48. The van der Waals surface area contributed by atoms with Crippen molar-refractivity contribution in [1.82, 2.24) is 29.4 Å². The molecule has 194 valence electrons. The van der Waals surface area contributed by atoms with Crippen LogP contribution in [-0.2, 0) is 6.42 Å². The minimum atomic E-state index is -0.429. The number of pyridine rings is 1. The Kier molecular flexibility index (Phi) is 6.67. The van der Waals surface area contributed by atoms with Crippen molar-refractivity contribution in [1.29, 1.82) is 0 Å². The van der Waals surface area contributed by atoms with Gasteiger partial charge in [-0.25, -0.2) is 24.3 Å². The summed E-state index contributed by atoms with van der Waals surface area (Å²) in [6, 6.07) is 4.58. The van der Waals surface area contributed by atoms with Crippen LogP contribution in [0.1, 0.15) is 62.0 Å². The predicted octanol–water partition coefficient (Wildman–Crippen LogP) is 6.45. The first-order valence-corrected chi connectivity index (χ1v) is 14.3. The van der Waals surface area contributed by atoms with Gasteiger partial charge in [0.1, 0.15) is 27.7 Å². The Morgan fingerprint density at radius 3 is 2.54 bits per heavy atom. The first kappa shape index (κ1) is 24.4. The average molecular weight is 520 g/mol. The number of nitrogens with one attached hydrogen (secondary N) is 1. The molecule has 7 nitrogen and oxygen atoms in total. The van der Waals surface area contributed by atoms with Crippen LogP contribution >= 0.6 is 11.3 Å². The van der Waals surface area contributed by atoms with Gasteiger partial charge in [-0.2, -0.15) is 0 Å². The van der Waals surface area contributed by atoms with E-state index >= 15 is 0 Å². The van der Waals surface area contributed by atoms with Crippen molar-refractivity contribution in [2.75, 3.05) is 25.0 Å². The maximum atomic E-state index is 15.0. The third-order valence-electron chi connectivity index (χ3n) is 8.08. The van der Waals surface area contributed by atoms with Gasteiger partial charge in [0.05, 0.1) is 11.1 Å². The fourth-order valence-corrected chi connectivity index (χ4v) is 6.97. The number of aromatic nitrogens is 5. The summed E-state index contributed by atoms with van der Waals surface area (Å²) in [6.45, 7) is 9.82. The molecule has 0 unspecified atom stereocenters. The van der Waals surface area contributed by atoms with Crippen LogP contribution in [0.3, 0.4) is 0 Å². The monoisotopic (exact) mass is 519 g/mol. The van der Waals surface area contributed by atoms with Crippen LogP contribution in [0.25, 0.3) is 20.9 Å². The van der Waals surface area contributed by atoms with Crippen molar-refractivity contribution in [3.05, 3.63) is 47.3 Å². The molecule has 5 heterocycles. The van der Waals surface area contributed by atoms with Gasteiger partial charge < -0.3 is 14.8 Å². The van der Waals surface area contributed by atoms with Gasteiger partial charge in [-0.15, -0.1) is 11.3 Å². The lowest BCUT2D eigenvalue weighted by Crippen LogP contribution is -2.34. The molecular formula is C28H34FN7S. The molecule has 2 aliphatic rings. The van der Waals surface area contributed by atoms with Crippen LogP contribution in [0.2, 0.25) is 0 Å². The molecule has 0 spiro atoms. The predicted molar refractivity (Wildman–Crippen MR) is 147 cm³/mol. The van der Waals surface area contributed by atoms with E-state index in [2.05, 4.69) is 49.6 Å². The standard InChI is InChI=1S/C28H34FN7S/c1-4-35-12-10-19(11-13-35)14-20-8-9-23(30-15-20)33-28-31-16-22(29)25(34-28)26-17(2)24-27(37-26)36(18(3)32-24)21-6-5-7-21/h8-9,15-16,19,21H,4-7,10-14H2,1-3H3,(H,30,31,33,34). The lowest BCUT2D eigenvalue weighted by atomic mass is 9.91. The van der Waals surface area contributed by atoms with Crippen molar-refractivity contribution in [2.45, 2.75) is 65.3 Å². The van der Waals surface area contributed by atoms with Crippen molar-refractivity contribution >= 4 is 33.5 Å². The molecule has 37 heavy (non-hydrogen) atoms. The highest BCUT2D eigenvalue weighted by molar-refractivity contribution is 7.22. The molecule has 0 radical (unpaired) electrons. The molecule has 0 aromatic carbocycles. The van der Waals surface area contributed by atoms with Gasteiger partial charge in [0.15, 0.2) is 5.82 Å². The van der Waals surface area contributed by atoms with E-state index in [-0.39, 0.29) is 0 Å². The Hall–Kier alpha value is -2.91. The Labute approximate surface area is 221 Å². The third-order valence-corrected chi connectivity index (χ3v) is 9.37. The lowest BCUT2D eigenvalue weighted by molar-refractivity contribution is 0.192. The Morgan fingerprint density at radius 1 is 1.05 bits per heavy atom. The van der Waals surface area contributed by atoms with Gasteiger partial charge in [0.25, 0.3) is 0 Å². The number of nitrogens with zero attached hydrogens (tertiary/aromatic N) is 6. The summed E-state index contributed by atoms with van der Waals surface area (Å²) in [4.78, 5) is 22.6. The van der Waals surface area contributed by atoms with Gasteiger partial charge >= 0.3 is 0 Å². The second-order valence-electron chi connectivity index (χ2n) is 10.5. The van der Waals surface area contributed by atoms with Gasteiger partial charge in [0, 0.05) is 12.2 Å². The summed E-state index contributed by atoms with van der Waals surface area (Å²) in [6.07, 6.45) is 10.3. The molecule has 1 saturated heterocycles. The van der Waals surface area contributed by atoms with Crippen LogP contribution in [0.5, 0.6) is 0 Å². The highest BCUT2D eigenvalue weighted by Gasteiger charge is 2.27. The Balaban J connectivity index is 1.19. The van der Waals surface area contributed by atoms with E-state index in [1.807, 2.05) is 19.2 Å². The minimum Gasteiger partial charge on any atom is -0.317 e. The summed E-state index contributed by atoms with van der Waals surface area (Å²) >= 11 is 1.57. The van der Waals surface area contributed by atoms with E-state index in [0.717, 1.165) is 45.5 Å². The fraction of sp³-hybridized carbons (Fsp3) is 0.500. The molecule has 0 amide bonds. The Bertz CT molecular complexity index is 1400. The number of imidazole rings is 1. The van der Waals surface area contributed by atoms with E-state index in [1.165, 1.54) is 57.0 Å². The average Bonchev–Trinajstić information content (AvgIpc) is 3.36. The summed E-state index contributed by atoms with van der Waals surface area (Å²) in [5.74, 6) is 2.32. The van der Waals surface area contributed by atoms with Gasteiger partial charge in [0.2, 0.25) is 5.95 Å². The number of rotatable bonds is 7. The van der Waals surface area contributed by atoms with Gasteiger partial charge in [-0.3, -0.25) is 0 Å². The number of hydrogen-bond acceptors (Lipinski definition) is 7. The van der Waals surface area contributed by atoms with E-state index < -0.39 is 5.82 Å². The molecule has 0 atom stereocenters. The molecule has 1 aliphatic heterocycles. The highest BCUT2D eigenvalue weighted by atomic mass is 32.1. The number of thiophene rings is 1. The molecule has 1 aliphatic carbocycles. The van der Waals surface area contributed by atoms with Crippen LogP contribution in [0.15, 0.2) is 24.5 Å². The van der Waals surface area contributed by atoms with Crippen molar-refractivity contribution < 1.29 is 4.39 Å². The summed E-state index contributed by atoms with van der Waals surface area (Å²) < 4.78 is 17.3. The van der Waals surface area contributed by atoms with E-state index in [4.69, 9.17) is 4.98 Å². The van der Waals surface area contributed by atoms with Crippen LogP contribution in [-0.4, -0.2) is 49.0 Å². The fourth-order valence-electron chi connectivity index (χ4n) is 5.61. The molecule has 0 bridgehead atoms. The number of piperidine rings is 1. The van der Waals surface area contributed by atoms with Crippen molar-refractivity contribution in [3.63, 3.8) is 0 Å². The molecule has 1 N–H and O–H groups in total. The number of fused-ring (bicyclic) bond motifs is 1. The van der Waals surface area contributed by atoms with Crippen molar-refractivity contribution in [3.8, 4) is 10.6 Å². The first-order valence-electron chi connectivity index (χ1n) is 13.4. The zero-order valence-electron chi connectivity index (χ0n) is 21.8. The zero-order chi connectivity index (χ0) is 25.5. The number of anilines is 2. The molecule has 9 heteroatoms. The Morgan fingerprint density at radius 2 is 1.86 bits per heavy atom. The number of hydrogen-bond donors (Lipinski definition) is 1. The lowest BCUT2D eigenvalue weighted by Gasteiger charge is -2.31. The van der Waals surface area contributed by atoms with Gasteiger partial charge in [-0.1, -0.05) is 13.0 Å². The van der Waals surface area contributed by atoms with Crippen molar-refractivity contribution in [2.24, 2.45) is 5.92 Å². The van der Waals surface area contributed by atoms with Crippen LogP contribution < -0.4 is 5.32 Å². The molecule has 4 aromatic heterocycles. The minimum absolute atomic E-state index is 0.311. The number of likely N-dealkylation sites (tertiary alicyclic amines) is 1. The SMILES string of the molecule is CCN1CCC(Cc2ccc(Nc3ncc(F)c(-c4sc5c(nc(C)n5C5CCC5)c4C)n3)nc2)CC1.